The van der Waals surface area contributed by atoms with Crippen molar-refractivity contribution in [3.05, 3.63) is 0 Å². The van der Waals surface area contributed by atoms with Gasteiger partial charge in [-0.15, -0.1) is 0 Å². The Morgan fingerprint density at radius 3 is 2.43 bits per heavy atom. The van der Waals surface area contributed by atoms with Gasteiger partial charge in [-0.25, -0.2) is 4.79 Å². The van der Waals surface area contributed by atoms with E-state index in [1.165, 1.54) is 0 Å². The molecule has 0 aliphatic rings. The molecule has 0 aromatic heterocycles. The Labute approximate surface area is 86.7 Å². The monoisotopic (exact) mass is 202 g/mol. The third kappa shape index (κ3) is 5.97. The maximum Gasteiger partial charge on any atom is 0.345 e. The van der Waals surface area contributed by atoms with Crippen LogP contribution in [0.1, 0.15) is 52.9 Å². The van der Waals surface area contributed by atoms with Crippen molar-refractivity contribution >= 4 is 5.97 Å². The van der Waals surface area contributed by atoms with Crippen molar-refractivity contribution in [3.63, 3.8) is 0 Å². The molecule has 0 N–H and O–H groups in total. The molecule has 14 heavy (non-hydrogen) atoms. The molecule has 0 aromatic carbocycles. The van der Waals surface area contributed by atoms with Gasteiger partial charge in [0.1, 0.15) is 0 Å². The molecule has 84 valence electrons. The zero-order chi connectivity index (χ0) is 10.8. The molecule has 0 spiro atoms. The van der Waals surface area contributed by atoms with Crippen molar-refractivity contribution in [3.8, 4) is 0 Å². The van der Waals surface area contributed by atoms with E-state index in [9.17, 15) is 4.79 Å². The summed E-state index contributed by atoms with van der Waals surface area (Å²) >= 11 is 0. The molecule has 0 aliphatic heterocycles. The van der Waals surface area contributed by atoms with E-state index in [1.54, 1.807) is 0 Å². The summed E-state index contributed by atoms with van der Waals surface area (Å²) in [4.78, 5) is 20.9. The first-order valence-corrected chi connectivity index (χ1v) is 5.59. The number of carbonyl (C=O) groups is 1. The molecule has 1 unspecified atom stereocenters. The van der Waals surface area contributed by atoms with Crippen LogP contribution in [0.3, 0.4) is 0 Å². The van der Waals surface area contributed by atoms with E-state index in [-0.39, 0.29) is 11.9 Å². The topological polar surface area (TPSA) is 35.5 Å². The fraction of sp³-hybridized carbons (Fsp3) is 0.909. The van der Waals surface area contributed by atoms with Crippen molar-refractivity contribution in [1.29, 1.82) is 0 Å². The molecule has 0 fully saturated rings. The molecule has 3 nitrogen and oxygen atoms in total. The lowest BCUT2D eigenvalue weighted by Crippen LogP contribution is -2.17. The van der Waals surface area contributed by atoms with Gasteiger partial charge in [-0.3, -0.25) is 4.89 Å². The van der Waals surface area contributed by atoms with Crippen LogP contribution in [-0.2, 0) is 14.6 Å². The molecule has 0 aliphatic carbocycles. The maximum absolute atomic E-state index is 11.4. The molecular weight excluding hydrogens is 180 g/mol. The van der Waals surface area contributed by atoms with Crippen molar-refractivity contribution in [2.45, 2.75) is 52.9 Å². The average Bonchev–Trinajstić information content (AvgIpc) is 2.19. The van der Waals surface area contributed by atoms with Crippen molar-refractivity contribution in [2.75, 3.05) is 6.61 Å². The fourth-order valence-electron chi connectivity index (χ4n) is 1.19. The highest BCUT2D eigenvalue weighted by atomic mass is 17.2. The van der Waals surface area contributed by atoms with Crippen molar-refractivity contribution < 1.29 is 14.6 Å². The van der Waals surface area contributed by atoms with Gasteiger partial charge < -0.3 is 0 Å². The lowest BCUT2D eigenvalue weighted by Gasteiger charge is -2.11. The van der Waals surface area contributed by atoms with Crippen LogP contribution in [0.2, 0.25) is 0 Å². The van der Waals surface area contributed by atoms with Gasteiger partial charge in [-0.2, -0.15) is 4.89 Å². The van der Waals surface area contributed by atoms with Crippen molar-refractivity contribution in [1.82, 2.24) is 0 Å². The second-order valence-electron chi connectivity index (χ2n) is 3.47. The second-order valence-corrected chi connectivity index (χ2v) is 3.47. The minimum atomic E-state index is -0.214. The van der Waals surface area contributed by atoms with E-state index in [4.69, 9.17) is 9.78 Å². The van der Waals surface area contributed by atoms with Gasteiger partial charge in [0.05, 0.1) is 12.5 Å². The third-order valence-electron chi connectivity index (χ3n) is 2.16. The van der Waals surface area contributed by atoms with E-state index >= 15 is 0 Å². The van der Waals surface area contributed by atoms with Gasteiger partial charge >= 0.3 is 5.97 Å². The van der Waals surface area contributed by atoms with Crippen LogP contribution >= 0.6 is 0 Å². The van der Waals surface area contributed by atoms with E-state index < -0.39 is 0 Å². The number of unbranched alkanes of at least 4 members (excludes halogenated alkanes) is 1. The summed E-state index contributed by atoms with van der Waals surface area (Å²) in [5.41, 5.74) is 0. The molecule has 0 saturated carbocycles. The minimum Gasteiger partial charge on any atom is -0.298 e. The molecule has 0 aromatic rings. The Balaban J connectivity index is 3.67. The van der Waals surface area contributed by atoms with E-state index in [1.807, 2.05) is 13.8 Å². The third-order valence-corrected chi connectivity index (χ3v) is 2.16. The highest BCUT2D eigenvalue weighted by molar-refractivity contribution is 5.71. The number of hydrogen-bond donors (Lipinski definition) is 0. The Morgan fingerprint density at radius 2 is 1.93 bits per heavy atom. The number of hydrogen-bond acceptors (Lipinski definition) is 3. The first kappa shape index (κ1) is 13.4. The smallest absolute Gasteiger partial charge is 0.298 e. The zero-order valence-corrected chi connectivity index (χ0v) is 9.54. The number of carbonyl (C=O) groups excluding carboxylic acids is 1. The maximum atomic E-state index is 11.4. The van der Waals surface area contributed by atoms with Crippen LogP contribution in [-0.4, -0.2) is 12.6 Å². The van der Waals surface area contributed by atoms with E-state index in [0.717, 1.165) is 32.1 Å². The molecule has 0 saturated heterocycles. The molecule has 0 rings (SSSR count). The van der Waals surface area contributed by atoms with Crippen LogP contribution < -0.4 is 0 Å². The summed E-state index contributed by atoms with van der Waals surface area (Å²) in [6, 6.07) is 0. The molecule has 1 atom stereocenters. The van der Waals surface area contributed by atoms with Gasteiger partial charge in [-0.1, -0.05) is 33.6 Å². The van der Waals surface area contributed by atoms with Crippen molar-refractivity contribution in [2.24, 2.45) is 5.92 Å². The Kier molecular flexibility index (Phi) is 8.64. The van der Waals surface area contributed by atoms with E-state index in [2.05, 4.69) is 6.92 Å². The fourth-order valence-corrected chi connectivity index (χ4v) is 1.19. The Bertz CT molecular complexity index is 145. The van der Waals surface area contributed by atoms with Gasteiger partial charge in [-0.05, 0) is 19.3 Å². The van der Waals surface area contributed by atoms with Crippen LogP contribution in [0.25, 0.3) is 0 Å². The molecule has 0 amide bonds. The van der Waals surface area contributed by atoms with Crippen LogP contribution in [0, 0.1) is 5.92 Å². The van der Waals surface area contributed by atoms with Gasteiger partial charge in [0.2, 0.25) is 0 Å². The quantitative estimate of drug-likeness (QED) is 0.345. The Hall–Kier alpha value is -0.570. The Morgan fingerprint density at radius 1 is 1.21 bits per heavy atom. The normalized spacial score (nSPS) is 12.5. The summed E-state index contributed by atoms with van der Waals surface area (Å²) in [6.07, 6.45) is 4.77. The number of rotatable bonds is 8. The summed E-state index contributed by atoms with van der Waals surface area (Å²) in [5.74, 6) is -0.207. The zero-order valence-electron chi connectivity index (χ0n) is 9.54. The predicted molar refractivity (Wildman–Crippen MR) is 55.6 cm³/mol. The highest BCUT2D eigenvalue weighted by Gasteiger charge is 2.18. The molecule has 0 heterocycles. The standard InChI is InChI=1S/C11H22O3/c1-4-7-8-10(6-3)11(12)14-13-9-5-2/h10H,4-9H2,1-3H3. The lowest BCUT2D eigenvalue weighted by atomic mass is 10.00. The highest BCUT2D eigenvalue weighted by Crippen LogP contribution is 2.14. The van der Waals surface area contributed by atoms with Crippen LogP contribution in [0.4, 0.5) is 0 Å². The van der Waals surface area contributed by atoms with Gasteiger partial charge in [0, 0.05) is 0 Å². The molecular formula is C11H22O3. The molecule has 3 heteroatoms. The van der Waals surface area contributed by atoms with E-state index in [0.29, 0.717) is 6.61 Å². The molecule has 0 radical (unpaired) electrons. The summed E-state index contributed by atoms with van der Waals surface area (Å²) in [7, 11) is 0. The average molecular weight is 202 g/mol. The summed E-state index contributed by atoms with van der Waals surface area (Å²) in [5, 5.41) is 0. The summed E-state index contributed by atoms with van der Waals surface area (Å²) < 4.78 is 0. The summed E-state index contributed by atoms with van der Waals surface area (Å²) in [6.45, 7) is 6.57. The van der Waals surface area contributed by atoms with Gasteiger partial charge in [0.15, 0.2) is 0 Å². The van der Waals surface area contributed by atoms with Crippen LogP contribution in [0.15, 0.2) is 0 Å². The lowest BCUT2D eigenvalue weighted by molar-refractivity contribution is -0.276. The largest absolute Gasteiger partial charge is 0.345 e. The first-order chi connectivity index (χ1) is 6.76. The second kappa shape index (κ2) is 9.00. The van der Waals surface area contributed by atoms with Gasteiger partial charge in [0.25, 0.3) is 0 Å². The predicted octanol–water partition coefficient (Wildman–Crippen LogP) is 3.09. The minimum absolute atomic E-state index is 0.00630. The first-order valence-electron chi connectivity index (χ1n) is 5.59. The SMILES string of the molecule is CCCCC(CC)C(=O)OOCCC. The van der Waals surface area contributed by atoms with Crippen LogP contribution in [0.5, 0.6) is 0 Å². The molecule has 0 bridgehead atoms.